The Labute approximate surface area is 162 Å². The number of aliphatic hydroxyl groups is 1. The highest BCUT2D eigenvalue weighted by atomic mass is 16.6. The Morgan fingerprint density at radius 1 is 1.07 bits per heavy atom. The highest BCUT2D eigenvalue weighted by molar-refractivity contribution is 5.79. The van der Waals surface area contributed by atoms with Gasteiger partial charge in [-0.1, -0.05) is 53.7 Å². The second-order valence-electron chi connectivity index (χ2n) is 7.23. The molecular weight excluding hydrogens is 356 g/mol. The van der Waals surface area contributed by atoms with E-state index in [-0.39, 0.29) is 25.1 Å². The van der Waals surface area contributed by atoms with Crippen LogP contribution < -0.4 is 0 Å². The molecule has 1 saturated heterocycles. The third-order valence-electron chi connectivity index (χ3n) is 5.63. The quantitative estimate of drug-likeness (QED) is 0.759. The van der Waals surface area contributed by atoms with Crippen molar-refractivity contribution in [3.05, 3.63) is 72.1 Å². The molecule has 2 atom stereocenters. The molecule has 142 valence electrons. The highest BCUT2D eigenvalue weighted by Crippen LogP contribution is 2.44. The number of ether oxygens (including phenoxy) is 1. The van der Waals surface area contributed by atoms with Gasteiger partial charge in [0.1, 0.15) is 6.61 Å². The summed E-state index contributed by atoms with van der Waals surface area (Å²) in [4.78, 5) is 14.2. The van der Waals surface area contributed by atoms with E-state index >= 15 is 0 Å². The predicted molar refractivity (Wildman–Crippen MR) is 102 cm³/mol. The molecule has 2 aromatic carbocycles. The van der Waals surface area contributed by atoms with Gasteiger partial charge in [-0.05, 0) is 22.3 Å². The van der Waals surface area contributed by atoms with Crippen LogP contribution >= 0.6 is 0 Å². The number of carbonyl (C=O) groups excluding carboxylic acids is 1. The molecule has 3 aromatic rings. The van der Waals surface area contributed by atoms with Crippen molar-refractivity contribution in [1.29, 1.82) is 0 Å². The average Bonchev–Trinajstić information content (AvgIpc) is 3.44. The topological polar surface area (TPSA) is 80.5 Å². The molecule has 1 fully saturated rings. The largest absolute Gasteiger partial charge is 0.448 e. The van der Waals surface area contributed by atoms with Crippen LogP contribution in [0.2, 0.25) is 0 Å². The van der Waals surface area contributed by atoms with Crippen LogP contribution in [-0.4, -0.2) is 56.9 Å². The number of β-amino-alcohol motifs (C(OH)–C–C–N with tert-alkyl or cyclic N) is 1. The molecule has 5 rings (SSSR count). The SMILES string of the molecule is O=C(OCC1c2ccccc2-c2ccccc21)N1C[C@@H](O)[C@H](n2ccnn2)C1. The molecule has 7 nitrogen and oxygen atoms in total. The van der Waals surface area contributed by atoms with Crippen LogP contribution in [0.3, 0.4) is 0 Å². The normalized spacial score (nSPS) is 20.8. The van der Waals surface area contributed by atoms with Gasteiger partial charge in [-0.3, -0.25) is 0 Å². The average molecular weight is 376 g/mol. The summed E-state index contributed by atoms with van der Waals surface area (Å²) in [5.41, 5.74) is 4.75. The number of benzene rings is 2. The van der Waals surface area contributed by atoms with Gasteiger partial charge in [0.25, 0.3) is 0 Å². The van der Waals surface area contributed by atoms with E-state index in [2.05, 4.69) is 34.6 Å². The Morgan fingerprint density at radius 2 is 1.75 bits per heavy atom. The van der Waals surface area contributed by atoms with Gasteiger partial charge in [0.05, 0.1) is 24.9 Å². The van der Waals surface area contributed by atoms with E-state index in [9.17, 15) is 9.90 Å². The number of carbonyl (C=O) groups is 1. The van der Waals surface area contributed by atoms with Crippen molar-refractivity contribution >= 4 is 6.09 Å². The summed E-state index contributed by atoms with van der Waals surface area (Å²) in [6.07, 6.45) is 2.14. The number of hydrogen-bond donors (Lipinski definition) is 1. The van der Waals surface area contributed by atoms with E-state index in [0.717, 1.165) is 0 Å². The number of rotatable bonds is 3. The van der Waals surface area contributed by atoms with Gasteiger partial charge >= 0.3 is 6.09 Å². The van der Waals surface area contributed by atoms with Crippen molar-refractivity contribution in [3.8, 4) is 11.1 Å². The van der Waals surface area contributed by atoms with E-state index in [1.165, 1.54) is 27.2 Å². The molecule has 0 saturated carbocycles. The number of nitrogens with zero attached hydrogens (tertiary/aromatic N) is 4. The minimum atomic E-state index is -0.692. The van der Waals surface area contributed by atoms with Crippen molar-refractivity contribution in [2.75, 3.05) is 19.7 Å². The van der Waals surface area contributed by atoms with Crippen molar-refractivity contribution in [1.82, 2.24) is 19.9 Å². The molecule has 2 aliphatic rings. The molecule has 28 heavy (non-hydrogen) atoms. The van der Waals surface area contributed by atoms with Crippen LogP contribution in [-0.2, 0) is 4.74 Å². The zero-order valence-corrected chi connectivity index (χ0v) is 15.2. The smallest absolute Gasteiger partial charge is 0.409 e. The van der Waals surface area contributed by atoms with E-state index in [1.54, 1.807) is 17.1 Å². The van der Waals surface area contributed by atoms with Gasteiger partial charge in [-0.15, -0.1) is 5.10 Å². The van der Waals surface area contributed by atoms with E-state index in [4.69, 9.17) is 4.74 Å². The van der Waals surface area contributed by atoms with Crippen molar-refractivity contribution in [2.45, 2.75) is 18.1 Å². The highest BCUT2D eigenvalue weighted by Gasteiger charge is 2.37. The number of amides is 1. The number of hydrogen-bond acceptors (Lipinski definition) is 5. The molecule has 0 radical (unpaired) electrons. The summed E-state index contributed by atoms with van der Waals surface area (Å²) in [5.74, 6) is 0.0231. The number of aromatic nitrogens is 3. The Hall–Kier alpha value is -3.19. The second kappa shape index (κ2) is 6.76. The molecule has 2 heterocycles. The standard InChI is InChI=1S/C21H20N4O3/c26-20-12-24(11-19(20)25-10-9-22-23-25)21(27)28-13-18-16-7-3-1-5-14(16)15-6-2-4-8-17(15)18/h1-10,18-20,26H,11-13H2/t19-,20-/m1/s1. The van der Waals surface area contributed by atoms with Crippen molar-refractivity contribution in [3.63, 3.8) is 0 Å². The van der Waals surface area contributed by atoms with Crippen LogP contribution in [0.25, 0.3) is 11.1 Å². The maximum Gasteiger partial charge on any atom is 0.409 e. The lowest BCUT2D eigenvalue weighted by molar-refractivity contribution is 0.0998. The van der Waals surface area contributed by atoms with Crippen LogP contribution in [0.5, 0.6) is 0 Å². The van der Waals surface area contributed by atoms with Gasteiger partial charge in [0, 0.05) is 18.7 Å². The van der Waals surface area contributed by atoms with E-state index in [0.29, 0.717) is 6.54 Å². The molecular formula is C21H20N4O3. The minimum Gasteiger partial charge on any atom is -0.448 e. The van der Waals surface area contributed by atoms with Crippen molar-refractivity contribution in [2.24, 2.45) is 0 Å². The monoisotopic (exact) mass is 376 g/mol. The fraction of sp³-hybridized carbons (Fsp3) is 0.286. The first kappa shape index (κ1) is 16.9. The van der Waals surface area contributed by atoms with E-state index in [1.807, 2.05) is 24.3 Å². The minimum absolute atomic E-state index is 0.0231. The summed E-state index contributed by atoms with van der Waals surface area (Å²) >= 11 is 0. The van der Waals surface area contributed by atoms with Crippen LogP contribution in [0, 0.1) is 0 Å². The van der Waals surface area contributed by atoms with Crippen molar-refractivity contribution < 1.29 is 14.6 Å². The number of aliphatic hydroxyl groups excluding tert-OH is 1. The van der Waals surface area contributed by atoms with Crippen LogP contribution in [0.4, 0.5) is 4.79 Å². The molecule has 1 amide bonds. The predicted octanol–water partition coefficient (Wildman–Crippen LogP) is 2.44. The van der Waals surface area contributed by atoms with Gasteiger partial charge < -0.3 is 14.7 Å². The Balaban J connectivity index is 1.30. The summed E-state index contributed by atoms with van der Waals surface area (Å²) < 4.78 is 7.25. The van der Waals surface area contributed by atoms with Gasteiger partial charge in [-0.25, -0.2) is 9.48 Å². The Morgan fingerprint density at radius 3 is 2.39 bits per heavy atom. The fourth-order valence-electron chi connectivity index (χ4n) is 4.26. The summed E-state index contributed by atoms with van der Waals surface area (Å²) in [6, 6.07) is 16.2. The summed E-state index contributed by atoms with van der Waals surface area (Å²) in [6.45, 7) is 0.843. The lowest BCUT2D eigenvalue weighted by Crippen LogP contribution is -2.31. The lowest BCUT2D eigenvalue weighted by atomic mass is 9.98. The second-order valence-corrected chi connectivity index (χ2v) is 7.23. The van der Waals surface area contributed by atoms with Crippen LogP contribution in [0.15, 0.2) is 60.9 Å². The lowest BCUT2D eigenvalue weighted by Gasteiger charge is -2.19. The number of fused-ring (bicyclic) bond motifs is 3. The zero-order chi connectivity index (χ0) is 19.1. The molecule has 1 aromatic heterocycles. The Bertz CT molecular complexity index is 959. The molecule has 0 bridgehead atoms. The van der Waals surface area contributed by atoms with Gasteiger partial charge in [-0.2, -0.15) is 0 Å². The maximum absolute atomic E-state index is 12.6. The molecule has 0 spiro atoms. The van der Waals surface area contributed by atoms with Gasteiger partial charge in [0.2, 0.25) is 0 Å². The molecule has 1 aliphatic heterocycles. The summed E-state index contributed by atoms with van der Waals surface area (Å²) in [5, 5.41) is 18.0. The third kappa shape index (κ3) is 2.75. The van der Waals surface area contributed by atoms with E-state index < -0.39 is 12.2 Å². The van der Waals surface area contributed by atoms with Gasteiger partial charge in [0.15, 0.2) is 0 Å². The maximum atomic E-state index is 12.6. The first-order chi connectivity index (χ1) is 13.7. The summed E-state index contributed by atoms with van der Waals surface area (Å²) in [7, 11) is 0. The molecule has 1 N–H and O–H groups in total. The molecule has 1 aliphatic carbocycles. The van der Waals surface area contributed by atoms with Crippen LogP contribution in [0.1, 0.15) is 23.1 Å². The molecule has 7 heteroatoms. The zero-order valence-electron chi connectivity index (χ0n) is 15.2. The number of likely N-dealkylation sites (tertiary alicyclic amines) is 1. The first-order valence-electron chi connectivity index (χ1n) is 9.36. The first-order valence-corrected chi connectivity index (χ1v) is 9.36. The third-order valence-corrected chi connectivity index (χ3v) is 5.63. The Kier molecular flexibility index (Phi) is 4.09. The fourth-order valence-corrected chi connectivity index (χ4v) is 4.26. The molecule has 0 unspecified atom stereocenters.